The number of hydrogen-bond acceptors (Lipinski definition) is 3. The Hall–Kier alpha value is -0.900. The molecule has 0 aliphatic heterocycles. The Kier molecular flexibility index (Phi) is 4.54. The maximum Gasteiger partial charge on any atom is 0.0626 e. The lowest BCUT2D eigenvalue weighted by molar-refractivity contribution is 0.216. The molecule has 1 fully saturated rings. The molecule has 1 aliphatic carbocycles. The quantitative estimate of drug-likeness (QED) is 0.741. The molecule has 1 saturated carbocycles. The van der Waals surface area contributed by atoms with Gasteiger partial charge in [-0.1, -0.05) is 36.8 Å². The van der Waals surface area contributed by atoms with Crippen LogP contribution in [0.25, 0.3) is 0 Å². The van der Waals surface area contributed by atoms with E-state index < -0.39 is 0 Å². The molecular weight excluding hydrogens is 212 g/mol. The predicted octanol–water partition coefficient (Wildman–Crippen LogP) is 1.58. The summed E-state index contributed by atoms with van der Waals surface area (Å²) >= 11 is 0. The average Bonchev–Trinajstić information content (AvgIpc) is 2.37. The summed E-state index contributed by atoms with van der Waals surface area (Å²) in [5.74, 6) is 0. The van der Waals surface area contributed by atoms with E-state index in [1.165, 1.54) is 6.42 Å². The molecule has 1 aromatic rings. The summed E-state index contributed by atoms with van der Waals surface area (Å²) in [5, 5.41) is 13.0. The zero-order valence-electron chi connectivity index (χ0n) is 10.2. The average molecular weight is 234 g/mol. The van der Waals surface area contributed by atoms with Crippen molar-refractivity contribution in [2.24, 2.45) is 5.73 Å². The molecule has 0 heterocycles. The highest BCUT2D eigenvalue weighted by atomic mass is 16.3. The van der Waals surface area contributed by atoms with Gasteiger partial charge in [-0.2, -0.15) is 0 Å². The monoisotopic (exact) mass is 234 g/mol. The molecule has 2 rings (SSSR count). The second kappa shape index (κ2) is 6.15. The summed E-state index contributed by atoms with van der Waals surface area (Å²) < 4.78 is 0. The molecule has 0 bridgehead atoms. The minimum Gasteiger partial charge on any atom is -0.394 e. The maximum absolute atomic E-state index is 9.48. The lowest BCUT2D eigenvalue weighted by atomic mass is 9.90. The minimum atomic E-state index is 0.0338. The minimum absolute atomic E-state index is 0.0338. The molecule has 0 spiro atoms. The van der Waals surface area contributed by atoms with Crippen LogP contribution in [0, 0.1) is 0 Å². The zero-order valence-corrected chi connectivity index (χ0v) is 10.2. The molecule has 3 heteroatoms. The molecular formula is C14H22N2O. The summed E-state index contributed by atoms with van der Waals surface area (Å²) in [6.45, 7) is 0.135. The van der Waals surface area contributed by atoms with E-state index in [-0.39, 0.29) is 12.6 Å². The topological polar surface area (TPSA) is 58.3 Å². The highest BCUT2D eigenvalue weighted by Crippen LogP contribution is 2.21. The van der Waals surface area contributed by atoms with Crippen molar-refractivity contribution >= 4 is 0 Å². The van der Waals surface area contributed by atoms with Crippen LogP contribution in [0.4, 0.5) is 0 Å². The lowest BCUT2D eigenvalue weighted by Gasteiger charge is -2.30. The van der Waals surface area contributed by atoms with Gasteiger partial charge in [0.15, 0.2) is 0 Å². The number of nitrogens with two attached hydrogens (primary N) is 1. The van der Waals surface area contributed by atoms with Gasteiger partial charge in [0, 0.05) is 12.1 Å². The third-order valence-corrected chi connectivity index (χ3v) is 3.54. The SMILES string of the molecule is NC1CCCC(N[C@@H](CO)c2ccccc2)C1. The summed E-state index contributed by atoms with van der Waals surface area (Å²) in [7, 11) is 0. The number of aliphatic hydroxyl groups excluding tert-OH is 1. The normalized spacial score (nSPS) is 26.7. The van der Waals surface area contributed by atoms with Crippen LogP contribution in [0.5, 0.6) is 0 Å². The Morgan fingerprint density at radius 2 is 2.06 bits per heavy atom. The van der Waals surface area contributed by atoms with Gasteiger partial charge in [0.1, 0.15) is 0 Å². The standard InChI is InChI=1S/C14H22N2O/c15-12-7-4-8-13(9-12)16-14(10-17)11-5-2-1-3-6-11/h1-3,5-6,12-14,16-17H,4,7-10,15H2/t12?,13?,14-/m0/s1. The van der Waals surface area contributed by atoms with Crippen LogP contribution in [0.15, 0.2) is 30.3 Å². The van der Waals surface area contributed by atoms with Crippen LogP contribution in [0.3, 0.4) is 0 Å². The van der Waals surface area contributed by atoms with E-state index in [1.807, 2.05) is 18.2 Å². The molecule has 0 aromatic heterocycles. The van der Waals surface area contributed by atoms with Crippen LogP contribution in [-0.4, -0.2) is 23.8 Å². The number of aliphatic hydroxyl groups is 1. The van der Waals surface area contributed by atoms with Crippen molar-refractivity contribution in [1.82, 2.24) is 5.32 Å². The van der Waals surface area contributed by atoms with Gasteiger partial charge in [0.25, 0.3) is 0 Å². The van der Waals surface area contributed by atoms with Crippen LogP contribution in [-0.2, 0) is 0 Å². The molecule has 3 atom stereocenters. The van der Waals surface area contributed by atoms with E-state index in [1.54, 1.807) is 0 Å². The van der Waals surface area contributed by atoms with Crippen LogP contribution >= 0.6 is 0 Å². The largest absolute Gasteiger partial charge is 0.394 e. The van der Waals surface area contributed by atoms with E-state index >= 15 is 0 Å². The number of rotatable bonds is 4. The van der Waals surface area contributed by atoms with Crippen molar-refractivity contribution < 1.29 is 5.11 Å². The first-order chi connectivity index (χ1) is 8.29. The van der Waals surface area contributed by atoms with Crippen molar-refractivity contribution in [2.45, 2.75) is 43.8 Å². The number of benzene rings is 1. The number of hydrogen-bond donors (Lipinski definition) is 3. The fourth-order valence-electron chi connectivity index (χ4n) is 2.60. The van der Waals surface area contributed by atoms with Gasteiger partial charge in [-0.3, -0.25) is 0 Å². The van der Waals surface area contributed by atoms with Gasteiger partial charge in [-0.15, -0.1) is 0 Å². The van der Waals surface area contributed by atoms with Gasteiger partial charge in [0.2, 0.25) is 0 Å². The van der Waals surface area contributed by atoms with Crippen molar-refractivity contribution in [3.05, 3.63) is 35.9 Å². The van der Waals surface area contributed by atoms with Crippen LogP contribution in [0.1, 0.15) is 37.3 Å². The zero-order chi connectivity index (χ0) is 12.1. The maximum atomic E-state index is 9.48. The lowest BCUT2D eigenvalue weighted by Crippen LogP contribution is -2.41. The van der Waals surface area contributed by atoms with Gasteiger partial charge >= 0.3 is 0 Å². The Bertz CT molecular complexity index is 328. The first kappa shape index (κ1) is 12.6. The molecule has 0 amide bonds. The van der Waals surface area contributed by atoms with Crippen molar-refractivity contribution in [3.8, 4) is 0 Å². The molecule has 4 N–H and O–H groups in total. The first-order valence-electron chi connectivity index (χ1n) is 6.47. The molecule has 0 saturated heterocycles. The van der Waals surface area contributed by atoms with Crippen LogP contribution < -0.4 is 11.1 Å². The van der Waals surface area contributed by atoms with Gasteiger partial charge in [-0.05, 0) is 24.8 Å². The summed E-state index contributed by atoms with van der Waals surface area (Å²) in [6, 6.07) is 10.9. The van der Waals surface area contributed by atoms with E-state index in [2.05, 4.69) is 17.4 Å². The Labute approximate surface area is 103 Å². The molecule has 1 aromatic carbocycles. The van der Waals surface area contributed by atoms with Gasteiger partial charge < -0.3 is 16.2 Å². The molecule has 1 aliphatic rings. The molecule has 17 heavy (non-hydrogen) atoms. The summed E-state index contributed by atoms with van der Waals surface area (Å²) in [5.41, 5.74) is 7.13. The highest BCUT2D eigenvalue weighted by molar-refractivity contribution is 5.19. The van der Waals surface area contributed by atoms with Crippen molar-refractivity contribution in [1.29, 1.82) is 0 Å². The highest BCUT2D eigenvalue weighted by Gasteiger charge is 2.22. The Balaban J connectivity index is 1.95. The third kappa shape index (κ3) is 3.53. The Morgan fingerprint density at radius 3 is 2.71 bits per heavy atom. The Morgan fingerprint density at radius 1 is 1.29 bits per heavy atom. The van der Waals surface area contributed by atoms with E-state index in [0.29, 0.717) is 12.1 Å². The molecule has 3 nitrogen and oxygen atoms in total. The first-order valence-corrected chi connectivity index (χ1v) is 6.47. The summed E-state index contributed by atoms with van der Waals surface area (Å²) in [4.78, 5) is 0. The van der Waals surface area contributed by atoms with Gasteiger partial charge in [0.05, 0.1) is 12.6 Å². The van der Waals surface area contributed by atoms with Crippen molar-refractivity contribution in [3.63, 3.8) is 0 Å². The summed E-state index contributed by atoms with van der Waals surface area (Å²) in [6.07, 6.45) is 4.50. The molecule has 94 valence electrons. The smallest absolute Gasteiger partial charge is 0.0626 e. The fraction of sp³-hybridized carbons (Fsp3) is 0.571. The van der Waals surface area contributed by atoms with Crippen molar-refractivity contribution in [2.75, 3.05) is 6.61 Å². The molecule has 2 unspecified atom stereocenters. The predicted molar refractivity (Wildman–Crippen MR) is 69.6 cm³/mol. The number of nitrogens with one attached hydrogen (secondary N) is 1. The van der Waals surface area contributed by atoms with E-state index in [0.717, 1.165) is 24.8 Å². The molecule has 0 radical (unpaired) electrons. The second-order valence-corrected chi connectivity index (χ2v) is 4.94. The third-order valence-electron chi connectivity index (χ3n) is 3.54. The van der Waals surface area contributed by atoms with Gasteiger partial charge in [-0.25, -0.2) is 0 Å². The second-order valence-electron chi connectivity index (χ2n) is 4.94. The van der Waals surface area contributed by atoms with E-state index in [9.17, 15) is 5.11 Å². The fourth-order valence-corrected chi connectivity index (χ4v) is 2.60. The van der Waals surface area contributed by atoms with Crippen LogP contribution in [0.2, 0.25) is 0 Å². The van der Waals surface area contributed by atoms with E-state index in [4.69, 9.17) is 5.73 Å².